The molecule has 0 aromatic heterocycles. The summed E-state index contributed by atoms with van der Waals surface area (Å²) >= 11 is 0. The Morgan fingerprint density at radius 3 is 2.36 bits per heavy atom. The summed E-state index contributed by atoms with van der Waals surface area (Å²) in [4.78, 5) is 12.2. The highest BCUT2D eigenvalue weighted by atomic mass is 16.5. The van der Waals surface area contributed by atoms with Gasteiger partial charge in [-0.05, 0) is 62.6 Å². The highest BCUT2D eigenvalue weighted by Crippen LogP contribution is 2.15. The molecular weight excluding hydrogens is 312 g/mol. The average molecular weight is 338 g/mol. The maximum atomic E-state index is 12.2. The number of hydrogen-bond donors (Lipinski definition) is 1. The quantitative estimate of drug-likeness (QED) is 0.457. The molecule has 132 valence electrons. The molecule has 0 spiro atoms. The molecule has 0 atom stereocenters. The summed E-state index contributed by atoms with van der Waals surface area (Å²) in [5.41, 5.74) is 7.67. The summed E-state index contributed by atoms with van der Waals surface area (Å²) in [5.74, 6) is 0.540. The maximum Gasteiger partial charge on any atom is 0.271 e. The third-order valence-corrected chi connectivity index (χ3v) is 3.98. The van der Waals surface area contributed by atoms with Crippen molar-refractivity contribution < 1.29 is 9.53 Å². The van der Waals surface area contributed by atoms with Crippen LogP contribution in [0.4, 0.5) is 0 Å². The van der Waals surface area contributed by atoms with Crippen LogP contribution in [0.15, 0.2) is 41.5 Å². The zero-order chi connectivity index (χ0) is 18.2. The molecule has 0 radical (unpaired) electrons. The highest BCUT2D eigenvalue weighted by Gasteiger charge is 2.05. The standard InChI is InChI=1S/C21H26N2O2/c1-5-6-11-25-19-9-7-18(8-10-19)21(24)23-22-14-20-16(3)12-15(2)13-17(20)4/h7-10,12-14H,5-6,11H2,1-4H3,(H,23,24)/b22-14+. The third-order valence-electron chi connectivity index (χ3n) is 3.98. The first-order chi connectivity index (χ1) is 12.0. The Morgan fingerprint density at radius 1 is 1.12 bits per heavy atom. The first-order valence-electron chi connectivity index (χ1n) is 8.65. The second-order valence-corrected chi connectivity index (χ2v) is 6.24. The lowest BCUT2D eigenvalue weighted by Crippen LogP contribution is -2.17. The maximum absolute atomic E-state index is 12.2. The van der Waals surface area contributed by atoms with E-state index in [-0.39, 0.29) is 5.91 Å². The summed E-state index contributed by atoms with van der Waals surface area (Å²) in [6, 6.07) is 11.3. The number of carbonyl (C=O) groups is 1. The van der Waals surface area contributed by atoms with Crippen LogP contribution >= 0.6 is 0 Å². The molecule has 0 saturated carbocycles. The molecule has 0 saturated heterocycles. The second kappa shape index (κ2) is 9.02. The number of amides is 1. The van der Waals surface area contributed by atoms with Crippen LogP contribution in [0, 0.1) is 20.8 Å². The molecular formula is C21H26N2O2. The van der Waals surface area contributed by atoms with Gasteiger partial charge in [-0.25, -0.2) is 5.43 Å². The van der Waals surface area contributed by atoms with Gasteiger partial charge in [0.1, 0.15) is 5.75 Å². The molecule has 0 aliphatic rings. The summed E-state index contributed by atoms with van der Waals surface area (Å²) in [6.07, 6.45) is 3.82. The molecule has 2 aromatic carbocycles. The molecule has 0 heterocycles. The number of ether oxygens (including phenoxy) is 1. The van der Waals surface area contributed by atoms with Gasteiger partial charge in [-0.15, -0.1) is 0 Å². The second-order valence-electron chi connectivity index (χ2n) is 6.24. The number of nitrogens with one attached hydrogen (secondary N) is 1. The molecule has 0 bridgehead atoms. The zero-order valence-corrected chi connectivity index (χ0v) is 15.4. The Balaban J connectivity index is 1.96. The fourth-order valence-corrected chi connectivity index (χ4v) is 2.65. The topological polar surface area (TPSA) is 50.7 Å². The minimum atomic E-state index is -0.237. The lowest BCUT2D eigenvalue weighted by atomic mass is 10.0. The van der Waals surface area contributed by atoms with E-state index in [4.69, 9.17) is 4.74 Å². The van der Waals surface area contributed by atoms with Crippen LogP contribution in [-0.4, -0.2) is 18.7 Å². The fraction of sp³-hybridized carbons (Fsp3) is 0.333. The molecule has 4 heteroatoms. The van der Waals surface area contributed by atoms with E-state index in [9.17, 15) is 4.79 Å². The van der Waals surface area contributed by atoms with Crippen molar-refractivity contribution in [1.82, 2.24) is 5.43 Å². The molecule has 25 heavy (non-hydrogen) atoms. The van der Waals surface area contributed by atoms with E-state index in [0.717, 1.165) is 35.3 Å². The molecule has 1 N–H and O–H groups in total. The van der Waals surface area contributed by atoms with Crippen LogP contribution in [0.1, 0.15) is 52.4 Å². The molecule has 2 rings (SSSR count). The van der Waals surface area contributed by atoms with E-state index in [1.807, 2.05) is 26.0 Å². The first-order valence-corrected chi connectivity index (χ1v) is 8.65. The smallest absolute Gasteiger partial charge is 0.271 e. The van der Waals surface area contributed by atoms with Crippen molar-refractivity contribution >= 4 is 12.1 Å². The van der Waals surface area contributed by atoms with Crippen LogP contribution in [0.3, 0.4) is 0 Å². The molecule has 2 aromatic rings. The molecule has 0 unspecified atom stereocenters. The number of rotatable bonds is 7. The number of aryl methyl sites for hydroxylation is 3. The Labute approximate surface area is 149 Å². The number of hydrazone groups is 1. The minimum absolute atomic E-state index is 0.237. The van der Waals surface area contributed by atoms with Gasteiger partial charge in [0.05, 0.1) is 12.8 Å². The summed E-state index contributed by atoms with van der Waals surface area (Å²) < 4.78 is 5.59. The van der Waals surface area contributed by atoms with Crippen LogP contribution in [-0.2, 0) is 0 Å². The van der Waals surface area contributed by atoms with Crippen molar-refractivity contribution in [3.8, 4) is 5.75 Å². The van der Waals surface area contributed by atoms with Gasteiger partial charge < -0.3 is 4.74 Å². The first kappa shape index (κ1) is 18.7. The Kier molecular flexibility index (Phi) is 6.75. The highest BCUT2D eigenvalue weighted by molar-refractivity contribution is 5.95. The molecule has 0 fully saturated rings. The van der Waals surface area contributed by atoms with Gasteiger partial charge in [0.25, 0.3) is 5.91 Å². The van der Waals surface area contributed by atoms with Crippen LogP contribution < -0.4 is 10.2 Å². The van der Waals surface area contributed by atoms with Gasteiger partial charge in [-0.3, -0.25) is 4.79 Å². The van der Waals surface area contributed by atoms with Gasteiger partial charge in [-0.2, -0.15) is 5.10 Å². The average Bonchev–Trinajstić information content (AvgIpc) is 2.58. The molecule has 1 amide bonds. The van der Waals surface area contributed by atoms with Gasteiger partial charge in [0, 0.05) is 11.1 Å². The SMILES string of the molecule is CCCCOc1ccc(C(=O)N/N=C/c2c(C)cc(C)cc2C)cc1. The van der Waals surface area contributed by atoms with Crippen molar-refractivity contribution in [3.05, 3.63) is 64.2 Å². The Hall–Kier alpha value is -2.62. The zero-order valence-electron chi connectivity index (χ0n) is 15.4. The minimum Gasteiger partial charge on any atom is -0.494 e. The predicted molar refractivity (Wildman–Crippen MR) is 103 cm³/mol. The number of carbonyl (C=O) groups excluding carboxylic acids is 1. The number of hydrogen-bond acceptors (Lipinski definition) is 3. The van der Waals surface area contributed by atoms with Crippen LogP contribution in [0.5, 0.6) is 5.75 Å². The predicted octanol–water partition coefficient (Wildman–Crippen LogP) is 4.55. The summed E-state index contributed by atoms with van der Waals surface area (Å²) in [5, 5.41) is 4.10. The van der Waals surface area contributed by atoms with E-state index in [1.165, 1.54) is 5.56 Å². The lowest BCUT2D eigenvalue weighted by molar-refractivity contribution is 0.0955. The van der Waals surface area contributed by atoms with Gasteiger partial charge in [0.2, 0.25) is 0 Å². The van der Waals surface area contributed by atoms with E-state index in [0.29, 0.717) is 12.2 Å². The number of benzene rings is 2. The van der Waals surface area contributed by atoms with Gasteiger partial charge >= 0.3 is 0 Å². The van der Waals surface area contributed by atoms with E-state index >= 15 is 0 Å². The Morgan fingerprint density at radius 2 is 1.76 bits per heavy atom. The molecule has 0 aliphatic carbocycles. The molecule has 0 aliphatic heterocycles. The molecule has 4 nitrogen and oxygen atoms in total. The normalized spacial score (nSPS) is 10.9. The largest absolute Gasteiger partial charge is 0.494 e. The summed E-state index contributed by atoms with van der Waals surface area (Å²) in [7, 11) is 0. The van der Waals surface area contributed by atoms with Gasteiger partial charge in [0.15, 0.2) is 0 Å². The summed E-state index contributed by atoms with van der Waals surface area (Å²) in [6.45, 7) is 8.97. The van der Waals surface area contributed by atoms with Crippen molar-refractivity contribution in [1.29, 1.82) is 0 Å². The van der Waals surface area contributed by atoms with Crippen molar-refractivity contribution in [2.45, 2.75) is 40.5 Å². The van der Waals surface area contributed by atoms with Crippen molar-refractivity contribution in [2.75, 3.05) is 6.61 Å². The van der Waals surface area contributed by atoms with Gasteiger partial charge in [-0.1, -0.05) is 31.0 Å². The number of unbranched alkanes of at least 4 members (excludes halogenated alkanes) is 1. The monoisotopic (exact) mass is 338 g/mol. The van der Waals surface area contributed by atoms with Crippen molar-refractivity contribution in [2.24, 2.45) is 5.10 Å². The van der Waals surface area contributed by atoms with E-state index in [1.54, 1.807) is 18.3 Å². The van der Waals surface area contributed by atoms with E-state index < -0.39 is 0 Å². The Bertz CT molecular complexity index is 726. The lowest BCUT2D eigenvalue weighted by Gasteiger charge is -2.07. The van der Waals surface area contributed by atoms with E-state index in [2.05, 4.69) is 36.5 Å². The van der Waals surface area contributed by atoms with Crippen molar-refractivity contribution in [3.63, 3.8) is 0 Å². The number of nitrogens with zero attached hydrogens (tertiary/aromatic N) is 1. The van der Waals surface area contributed by atoms with Crippen LogP contribution in [0.25, 0.3) is 0 Å². The van der Waals surface area contributed by atoms with Crippen LogP contribution in [0.2, 0.25) is 0 Å². The third kappa shape index (κ3) is 5.45. The fourth-order valence-electron chi connectivity index (χ4n) is 2.65.